The lowest BCUT2D eigenvalue weighted by Gasteiger charge is -2.41. The quantitative estimate of drug-likeness (QED) is 0.0217. The third-order valence-corrected chi connectivity index (χ3v) is 9.40. The molecular weight excluding hydrogens is 717 g/mol. The number of hydrogen-bond donors (Lipinski definition) is 4. The summed E-state index contributed by atoms with van der Waals surface area (Å²) in [5.74, 6) is -0.433. The van der Waals surface area contributed by atoms with Gasteiger partial charge in [0.25, 0.3) is 0 Å². The zero-order chi connectivity index (χ0) is 39.7. The van der Waals surface area contributed by atoms with E-state index in [1.807, 2.05) is 0 Å². The summed E-state index contributed by atoms with van der Waals surface area (Å²) in [6.07, 6.45) is 28.7. The van der Waals surface area contributed by atoms with Gasteiger partial charge in [0.05, 0.1) is 19.8 Å². The van der Waals surface area contributed by atoms with E-state index in [1.165, 1.54) is 51.4 Å². The molecule has 13 heteroatoms. The van der Waals surface area contributed by atoms with Crippen molar-refractivity contribution >= 4 is 16.4 Å². The first kappa shape index (κ1) is 50.1. The van der Waals surface area contributed by atoms with E-state index in [9.17, 15) is 28.5 Å². The second kappa shape index (κ2) is 33.2. The molecule has 1 aliphatic heterocycles. The van der Waals surface area contributed by atoms with Gasteiger partial charge in [0.2, 0.25) is 0 Å². The van der Waals surface area contributed by atoms with Crippen LogP contribution in [0.4, 0.5) is 0 Å². The number of unbranched alkanes of at least 4 members (excludes halogenated alkanes) is 13. The highest BCUT2D eigenvalue weighted by Gasteiger charge is 2.48. The van der Waals surface area contributed by atoms with Crippen molar-refractivity contribution in [2.75, 3.05) is 26.4 Å². The number of aliphatic hydroxyl groups excluding tert-OH is 3. The van der Waals surface area contributed by atoms with E-state index in [1.54, 1.807) is 0 Å². The monoisotopic (exact) mass is 788 g/mol. The highest BCUT2D eigenvalue weighted by molar-refractivity contribution is 7.80. The van der Waals surface area contributed by atoms with E-state index in [0.717, 1.165) is 64.2 Å². The molecule has 6 unspecified atom stereocenters. The summed E-state index contributed by atoms with van der Waals surface area (Å²) in [5.41, 5.74) is 0. The van der Waals surface area contributed by atoms with Crippen molar-refractivity contribution in [3.8, 4) is 0 Å². The van der Waals surface area contributed by atoms with Gasteiger partial charge in [-0.05, 0) is 70.6 Å². The molecule has 314 valence electrons. The van der Waals surface area contributed by atoms with Gasteiger partial charge < -0.3 is 34.3 Å². The van der Waals surface area contributed by atoms with Gasteiger partial charge in [0.15, 0.2) is 6.29 Å². The molecule has 0 amide bonds. The van der Waals surface area contributed by atoms with Crippen molar-refractivity contribution in [2.24, 2.45) is 0 Å². The lowest BCUT2D eigenvalue weighted by atomic mass is 9.99. The first-order chi connectivity index (χ1) is 26.1. The van der Waals surface area contributed by atoms with E-state index in [0.29, 0.717) is 13.0 Å². The summed E-state index contributed by atoms with van der Waals surface area (Å²) < 4.78 is 58.8. The van der Waals surface area contributed by atoms with Crippen molar-refractivity contribution in [1.29, 1.82) is 0 Å². The molecule has 1 heterocycles. The average molecular weight is 789 g/mol. The lowest BCUT2D eigenvalue weighted by molar-refractivity contribution is -0.301. The Hall–Kier alpha value is -1.94. The smallest absolute Gasteiger partial charge is 0.397 e. The number of carbonyl (C=O) groups is 1. The zero-order valence-corrected chi connectivity index (χ0v) is 33.8. The maximum Gasteiger partial charge on any atom is 0.397 e. The Morgan fingerprint density at radius 2 is 1.28 bits per heavy atom. The summed E-state index contributed by atoms with van der Waals surface area (Å²) in [6, 6.07) is 0. The minimum Gasteiger partial charge on any atom is -0.457 e. The van der Waals surface area contributed by atoms with Crippen LogP contribution < -0.4 is 0 Å². The lowest BCUT2D eigenvalue weighted by Crippen LogP contribution is -2.60. The summed E-state index contributed by atoms with van der Waals surface area (Å²) in [6.45, 7) is 3.78. The van der Waals surface area contributed by atoms with Gasteiger partial charge in [0.1, 0.15) is 30.5 Å². The molecule has 12 nitrogen and oxygen atoms in total. The van der Waals surface area contributed by atoms with Crippen LogP contribution in [0.15, 0.2) is 48.6 Å². The fourth-order valence-corrected chi connectivity index (χ4v) is 6.36. The van der Waals surface area contributed by atoms with Gasteiger partial charge in [-0.25, -0.2) is 4.18 Å². The number of aliphatic hydroxyl groups is 3. The molecule has 1 fully saturated rings. The maximum atomic E-state index is 12.8. The minimum absolute atomic E-state index is 0.0183. The van der Waals surface area contributed by atoms with Crippen LogP contribution in [0.1, 0.15) is 142 Å². The molecule has 0 bridgehead atoms. The number of allylic oxidation sites excluding steroid dienone is 8. The summed E-state index contributed by atoms with van der Waals surface area (Å²) in [4.78, 5) is 12.8. The van der Waals surface area contributed by atoms with E-state index in [4.69, 9.17) is 23.5 Å². The first-order valence-electron chi connectivity index (χ1n) is 20.4. The van der Waals surface area contributed by atoms with Gasteiger partial charge in [-0.15, -0.1) is 0 Å². The van der Waals surface area contributed by atoms with Crippen LogP contribution in [0.2, 0.25) is 0 Å². The second-order valence-electron chi connectivity index (χ2n) is 13.8. The van der Waals surface area contributed by atoms with Gasteiger partial charge in [-0.2, -0.15) is 8.42 Å². The van der Waals surface area contributed by atoms with Crippen molar-refractivity contribution in [3.63, 3.8) is 0 Å². The molecule has 0 saturated carbocycles. The van der Waals surface area contributed by atoms with Crippen LogP contribution in [0.3, 0.4) is 0 Å². The molecule has 1 aliphatic rings. The van der Waals surface area contributed by atoms with Crippen molar-refractivity contribution in [3.05, 3.63) is 48.6 Å². The number of esters is 1. The summed E-state index contributed by atoms with van der Waals surface area (Å²) >= 11 is 0. The van der Waals surface area contributed by atoms with Gasteiger partial charge in [-0.1, -0.05) is 114 Å². The predicted octanol–water partition coefficient (Wildman–Crippen LogP) is 7.63. The molecule has 4 N–H and O–H groups in total. The highest BCUT2D eigenvalue weighted by atomic mass is 32.3. The molecule has 0 spiro atoms. The Morgan fingerprint density at radius 1 is 0.722 bits per heavy atom. The van der Waals surface area contributed by atoms with Crippen LogP contribution in [0, 0.1) is 0 Å². The normalized spacial score (nSPS) is 21.6. The second-order valence-corrected chi connectivity index (χ2v) is 14.9. The standard InChI is InChI=1S/C41H72O12S/c1-3-5-7-9-11-13-15-17-19-21-23-25-27-29-31-49-33-35(34-50-41-39(45)40(53-54(46,47)48)38(44)36(32-42)52-41)51-37(43)30-28-26-24-22-20-18-16-14-12-10-8-6-4-2/h6,8,12-15,18,20,35-36,38-42,44-45H,3-5,7,9-11,16-17,19,21-34H2,1-2H3,(H,46,47,48)/b8-6-,14-12-,15-13-,20-18-. The molecule has 0 aromatic carbocycles. The Labute approximate surface area is 326 Å². The summed E-state index contributed by atoms with van der Waals surface area (Å²) in [5, 5.41) is 30.6. The molecule has 6 atom stereocenters. The number of hydrogen-bond acceptors (Lipinski definition) is 11. The molecule has 0 aromatic rings. The third-order valence-electron chi connectivity index (χ3n) is 8.93. The van der Waals surface area contributed by atoms with Crippen LogP contribution in [-0.4, -0.2) is 97.5 Å². The average Bonchev–Trinajstić information content (AvgIpc) is 3.14. The highest BCUT2D eigenvalue weighted by Crippen LogP contribution is 2.26. The molecule has 0 aliphatic carbocycles. The zero-order valence-electron chi connectivity index (χ0n) is 33.0. The first-order valence-corrected chi connectivity index (χ1v) is 21.8. The van der Waals surface area contributed by atoms with Crippen LogP contribution in [0.5, 0.6) is 0 Å². The van der Waals surface area contributed by atoms with Crippen molar-refractivity contribution in [1.82, 2.24) is 0 Å². The van der Waals surface area contributed by atoms with Crippen molar-refractivity contribution in [2.45, 2.75) is 179 Å². The molecule has 1 saturated heterocycles. The minimum atomic E-state index is -5.06. The molecule has 1 rings (SSSR count). The number of rotatable bonds is 34. The maximum absolute atomic E-state index is 12.8. The predicted molar refractivity (Wildman–Crippen MR) is 211 cm³/mol. The SMILES string of the molecule is CC/C=C\C/C=C\C/C=C\CCCCCC(=O)OC(COCCCCCCCC/C=C\CCCCCC)COC1OC(CO)C(O)C(OS(=O)(=O)O)C1O. The Morgan fingerprint density at radius 3 is 1.89 bits per heavy atom. The Kier molecular flexibility index (Phi) is 30.8. The largest absolute Gasteiger partial charge is 0.457 e. The third kappa shape index (κ3) is 26.8. The molecule has 0 radical (unpaired) electrons. The summed E-state index contributed by atoms with van der Waals surface area (Å²) in [7, 11) is -5.06. The van der Waals surface area contributed by atoms with E-state index in [2.05, 4.69) is 66.6 Å². The number of carbonyl (C=O) groups excluding carboxylic acids is 1. The fraction of sp³-hybridized carbons (Fsp3) is 0.780. The fourth-order valence-electron chi connectivity index (χ4n) is 5.86. The topological polar surface area (TPSA) is 178 Å². The van der Waals surface area contributed by atoms with E-state index >= 15 is 0 Å². The number of ether oxygens (including phenoxy) is 4. The molecular formula is C41H72O12S. The van der Waals surface area contributed by atoms with E-state index < -0.39 is 59.8 Å². The van der Waals surface area contributed by atoms with Crippen LogP contribution in [0.25, 0.3) is 0 Å². The Bertz CT molecular complexity index is 1140. The molecule has 54 heavy (non-hydrogen) atoms. The van der Waals surface area contributed by atoms with Gasteiger partial charge >= 0.3 is 16.4 Å². The van der Waals surface area contributed by atoms with Crippen molar-refractivity contribution < 1.29 is 56.2 Å². The van der Waals surface area contributed by atoms with E-state index in [-0.39, 0.29) is 19.6 Å². The Balaban J connectivity index is 2.51. The van der Waals surface area contributed by atoms with Crippen LogP contribution in [-0.2, 0) is 38.3 Å². The van der Waals surface area contributed by atoms with Gasteiger partial charge in [0, 0.05) is 13.0 Å². The molecule has 0 aromatic heterocycles. The van der Waals surface area contributed by atoms with Crippen LogP contribution >= 0.6 is 0 Å². The van der Waals surface area contributed by atoms with Gasteiger partial charge in [-0.3, -0.25) is 9.35 Å².